The number of carboxylic acid groups (broad SMARTS) is 1. The van der Waals surface area contributed by atoms with Crippen molar-refractivity contribution in [3.8, 4) is 5.69 Å². The fraction of sp³-hybridized carbons (Fsp3) is 0.300. The zero-order chi connectivity index (χ0) is 30.3. The predicted octanol–water partition coefficient (Wildman–Crippen LogP) is 7.74. The summed E-state index contributed by atoms with van der Waals surface area (Å²) in [6.45, 7) is 11.6. The minimum absolute atomic E-state index is 0.199. The van der Waals surface area contributed by atoms with Gasteiger partial charge in [0, 0.05) is 23.6 Å². The highest BCUT2D eigenvalue weighted by Gasteiger charge is 2.30. The molecule has 8 nitrogen and oxygen atoms in total. The number of hydrogen-bond donors (Lipinski definition) is 4. The topological polar surface area (TPSA) is 108 Å². The molecule has 4 aromatic rings. The van der Waals surface area contributed by atoms with E-state index in [0.29, 0.717) is 29.1 Å². The zero-order valence-electron chi connectivity index (χ0n) is 23.6. The van der Waals surface area contributed by atoms with Gasteiger partial charge in [0.05, 0.1) is 23.1 Å². The van der Waals surface area contributed by atoms with Crippen LogP contribution < -0.4 is 16.0 Å². The number of urea groups is 1. The van der Waals surface area contributed by atoms with Crippen molar-refractivity contribution in [2.45, 2.75) is 53.0 Å². The molecule has 1 aromatic heterocycles. The number of hydrogen-bond acceptors (Lipinski definition) is 3. The van der Waals surface area contributed by atoms with Gasteiger partial charge < -0.3 is 15.7 Å². The molecule has 3 amide bonds. The van der Waals surface area contributed by atoms with Gasteiger partial charge in [0.1, 0.15) is 11.6 Å². The summed E-state index contributed by atoms with van der Waals surface area (Å²) in [6, 6.07) is 12.3. The lowest BCUT2D eigenvalue weighted by Crippen LogP contribution is -2.36. The van der Waals surface area contributed by atoms with E-state index in [4.69, 9.17) is 5.10 Å². The second kappa shape index (κ2) is 10.8. The molecule has 1 heterocycles. The van der Waals surface area contributed by atoms with Crippen molar-refractivity contribution in [2.24, 2.45) is 5.41 Å². The first-order valence-corrected chi connectivity index (χ1v) is 12.9. The lowest BCUT2D eigenvalue weighted by atomic mass is 9.80. The van der Waals surface area contributed by atoms with Gasteiger partial charge in [-0.2, -0.15) is 5.10 Å². The molecule has 0 saturated heterocycles. The van der Waals surface area contributed by atoms with Gasteiger partial charge in [-0.25, -0.2) is 27.4 Å². The van der Waals surface area contributed by atoms with Crippen molar-refractivity contribution >= 4 is 34.4 Å². The zero-order valence-corrected chi connectivity index (χ0v) is 23.6. The minimum Gasteiger partial charge on any atom is -0.465 e. The van der Waals surface area contributed by atoms with E-state index in [-0.39, 0.29) is 5.82 Å². The van der Waals surface area contributed by atoms with E-state index in [1.807, 2.05) is 71.9 Å². The number of anilines is 2. The van der Waals surface area contributed by atoms with Gasteiger partial charge >= 0.3 is 12.1 Å². The van der Waals surface area contributed by atoms with Gasteiger partial charge in [-0.3, -0.25) is 5.32 Å². The Morgan fingerprint density at radius 1 is 0.927 bits per heavy atom. The summed E-state index contributed by atoms with van der Waals surface area (Å²) >= 11 is 0. The Labute approximate surface area is 235 Å². The molecule has 0 fully saturated rings. The Hall–Kier alpha value is -4.54. The number of nitrogens with zero attached hydrogens (tertiary/aromatic N) is 2. The van der Waals surface area contributed by atoms with Gasteiger partial charge in [-0.15, -0.1) is 0 Å². The average molecular weight is 568 g/mol. The first-order chi connectivity index (χ1) is 19.0. The van der Waals surface area contributed by atoms with Gasteiger partial charge in [-0.1, -0.05) is 65.8 Å². The van der Waals surface area contributed by atoms with Crippen molar-refractivity contribution in [1.29, 1.82) is 0 Å². The molecule has 216 valence electrons. The smallest absolute Gasteiger partial charge is 0.405 e. The Bertz CT molecular complexity index is 1640. The van der Waals surface area contributed by atoms with E-state index < -0.39 is 52.1 Å². The number of carbonyl (C=O) groups excluding carboxylic acids is 1. The molecule has 1 unspecified atom stereocenters. The maximum Gasteiger partial charge on any atom is 0.405 e. The SMILES string of the molecule is CC(C)(C)c1cc(NC(=O)Nc2cc(F)cc(F)c2F)n(-c2cc(C(NC(=O)O)C(C)(C)C)c3ccccc3c2)n1. The first-order valence-electron chi connectivity index (χ1n) is 12.9. The molecule has 0 bridgehead atoms. The quantitative estimate of drug-likeness (QED) is 0.185. The molecule has 4 N–H and O–H groups in total. The van der Waals surface area contributed by atoms with Crippen LogP contribution in [0, 0.1) is 22.9 Å². The van der Waals surface area contributed by atoms with Crippen molar-refractivity contribution in [3.63, 3.8) is 0 Å². The van der Waals surface area contributed by atoms with Gasteiger partial charge in [0.2, 0.25) is 0 Å². The van der Waals surface area contributed by atoms with Crippen LogP contribution in [0.2, 0.25) is 0 Å². The fourth-order valence-electron chi connectivity index (χ4n) is 4.52. The summed E-state index contributed by atoms with van der Waals surface area (Å²) < 4.78 is 43.0. The molecule has 0 saturated carbocycles. The summed E-state index contributed by atoms with van der Waals surface area (Å²) in [6.07, 6.45) is -1.17. The van der Waals surface area contributed by atoms with Gasteiger partial charge in [0.25, 0.3) is 0 Å². The summed E-state index contributed by atoms with van der Waals surface area (Å²) in [5, 5.41) is 23.4. The van der Waals surface area contributed by atoms with Crippen LogP contribution in [0.4, 0.5) is 34.3 Å². The second-order valence-corrected chi connectivity index (χ2v) is 11.9. The van der Waals surface area contributed by atoms with E-state index in [1.165, 1.54) is 4.68 Å². The number of nitrogens with one attached hydrogen (secondary N) is 3. The Kier molecular flexibility index (Phi) is 7.75. The molecule has 0 aliphatic carbocycles. The third-order valence-corrected chi connectivity index (χ3v) is 6.53. The number of fused-ring (bicyclic) bond motifs is 1. The molecule has 0 aliphatic rings. The van der Waals surface area contributed by atoms with Crippen LogP contribution in [0.5, 0.6) is 0 Å². The average Bonchev–Trinajstić information content (AvgIpc) is 3.28. The molecule has 0 spiro atoms. The number of carbonyl (C=O) groups is 2. The fourth-order valence-corrected chi connectivity index (χ4v) is 4.52. The van der Waals surface area contributed by atoms with Crippen molar-refractivity contribution in [3.05, 3.63) is 83.3 Å². The molecule has 0 aliphatic heterocycles. The highest BCUT2D eigenvalue weighted by atomic mass is 19.2. The third-order valence-electron chi connectivity index (χ3n) is 6.53. The largest absolute Gasteiger partial charge is 0.465 e. The van der Waals surface area contributed by atoms with Crippen molar-refractivity contribution in [2.75, 3.05) is 10.6 Å². The van der Waals surface area contributed by atoms with E-state index in [9.17, 15) is 27.9 Å². The molecule has 11 heteroatoms. The number of rotatable bonds is 5. The van der Waals surface area contributed by atoms with Crippen LogP contribution in [-0.4, -0.2) is 27.0 Å². The standard InChI is InChI=1S/C30H32F3N5O3/c1-29(2,3)23-15-24(35-27(39)34-22-13-17(31)12-21(32)25(22)33)38(37-23)18-11-16-9-7-8-10-19(16)20(14-18)26(30(4,5)6)36-28(40)41/h7-15,26,36H,1-6H3,(H,40,41)(H2,34,35,39). The lowest BCUT2D eigenvalue weighted by molar-refractivity contribution is 0.175. The molecule has 0 radical (unpaired) electrons. The summed E-state index contributed by atoms with van der Waals surface area (Å²) in [5.74, 6) is -3.69. The number of amides is 3. The molecule has 1 atom stereocenters. The van der Waals surface area contributed by atoms with E-state index >= 15 is 0 Å². The molecule has 41 heavy (non-hydrogen) atoms. The highest BCUT2D eigenvalue weighted by Crippen LogP contribution is 2.38. The van der Waals surface area contributed by atoms with Crippen LogP contribution in [-0.2, 0) is 5.41 Å². The summed E-state index contributed by atoms with van der Waals surface area (Å²) in [4.78, 5) is 24.7. The molecule has 4 rings (SSSR count). The van der Waals surface area contributed by atoms with Crippen LogP contribution in [0.3, 0.4) is 0 Å². The Balaban J connectivity index is 1.85. The number of benzene rings is 3. The van der Waals surface area contributed by atoms with Crippen molar-refractivity contribution in [1.82, 2.24) is 15.1 Å². The predicted molar refractivity (Wildman–Crippen MR) is 152 cm³/mol. The van der Waals surface area contributed by atoms with Crippen LogP contribution in [0.25, 0.3) is 16.5 Å². The third kappa shape index (κ3) is 6.45. The Morgan fingerprint density at radius 2 is 1.61 bits per heavy atom. The summed E-state index contributed by atoms with van der Waals surface area (Å²) in [7, 11) is 0. The maximum atomic E-state index is 14.2. The number of aromatic nitrogens is 2. The van der Waals surface area contributed by atoms with Crippen LogP contribution in [0.15, 0.2) is 54.6 Å². The van der Waals surface area contributed by atoms with Gasteiger partial charge in [0.15, 0.2) is 11.6 Å². The second-order valence-electron chi connectivity index (χ2n) is 11.9. The van der Waals surface area contributed by atoms with Crippen LogP contribution in [0.1, 0.15) is 58.8 Å². The van der Waals surface area contributed by atoms with E-state index in [2.05, 4.69) is 16.0 Å². The summed E-state index contributed by atoms with van der Waals surface area (Å²) in [5.41, 5.74) is 0.229. The molecular formula is C30H32F3N5O3. The first kappa shape index (κ1) is 29.4. The van der Waals surface area contributed by atoms with Crippen LogP contribution >= 0.6 is 0 Å². The normalized spacial score (nSPS) is 12.7. The molecular weight excluding hydrogens is 535 g/mol. The minimum atomic E-state index is -1.44. The van der Waals surface area contributed by atoms with E-state index in [1.54, 1.807) is 12.1 Å². The molecule has 3 aromatic carbocycles. The van der Waals surface area contributed by atoms with Crippen molar-refractivity contribution < 1.29 is 27.9 Å². The monoisotopic (exact) mass is 567 g/mol. The number of halogens is 3. The Morgan fingerprint density at radius 3 is 2.24 bits per heavy atom. The lowest BCUT2D eigenvalue weighted by Gasteiger charge is -2.32. The maximum absolute atomic E-state index is 14.2. The van der Waals surface area contributed by atoms with Gasteiger partial charge in [-0.05, 0) is 33.9 Å². The highest BCUT2D eigenvalue weighted by molar-refractivity contribution is 5.99. The van der Waals surface area contributed by atoms with E-state index in [0.717, 1.165) is 10.8 Å².